The third-order valence-corrected chi connectivity index (χ3v) is 20.4. The molecule has 2 aliphatic rings. The zero-order valence-electron chi connectivity index (χ0n) is 50.5. The summed E-state index contributed by atoms with van der Waals surface area (Å²) < 4.78 is 10.2. The van der Waals surface area contributed by atoms with E-state index in [9.17, 15) is 0 Å². The zero-order chi connectivity index (χ0) is 55.8. The summed E-state index contributed by atoms with van der Waals surface area (Å²) in [6.07, 6.45) is 0. The van der Waals surface area contributed by atoms with Crippen LogP contribution in [0, 0.1) is 125 Å². The van der Waals surface area contributed by atoms with E-state index in [-0.39, 0.29) is 0 Å². The molecule has 0 bridgehead atoms. The highest BCUT2D eigenvalue weighted by Gasteiger charge is 2.45. The summed E-state index contributed by atoms with van der Waals surface area (Å²) in [6, 6.07) is 29.7. The number of aryl methyl sites for hydroxylation is 18. The van der Waals surface area contributed by atoms with E-state index < -0.39 is 7.58 Å². The van der Waals surface area contributed by atoms with Crippen LogP contribution in [0.3, 0.4) is 0 Å². The first-order chi connectivity index (χ1) is 35.0. The number of hydrogen-bond acceptors (Lipinski definition) is 6. The summed E-state index contributed by atoms with van der Waals surface area (Å²) in [5.74, 6) is 0. The standard InChI is InChI=1S/C22H30ClN2P.C22H31N2P.C22H32N2/c1-13-9-15(3)21(16(4)10-13)24-19(7)20(8)25(26(24)23)22-17(5)11-14(2)12-18(22)6;1-13-9-15(3)21(16(4)10-13)23-19(7)20(8)24(25-23)22-17(5)11-14(2)12-18(22)6;1-13-9-15(3)21(16(4)10-13)23-19(7)20(8)24-22-17(5)11-14(2)12-18(22)6/h9-12,19-20H,1-8H3;9-12,19-20,25H,1-8H3;9-12,19-20,23-24H,1-8H3/t3*19-,20-/m111/s1. The highest BCUT2D eigenvalue weighted by atomic mass is 35.7. The molecule has 0 saturated carbocycles. The lowest BCUT2D eigenvalue weighted by Gasteiger charge is -2.32. The Hall–Kier alpha value is -4.73. The third kappa shape index (κ3) is 13.0. The summed E-state index contributed by atoms with van der Waals surface area (Å²) in [6.45, 7) is 53.4. The molecular formula is C66H93ClN6P2. The van der Waals surface area contributed by atoms with Crippen molar-refractivity contribution in [2.24, 2.45) is 0 Å². The van der Waals surface area contributed by atoms with Gasteiger partial charge in [0, 0.05) is 46.2 Å². The molecule has 0 aliphatic carbocycles. The maximum atomic E-state index is 7.19. The van der Waals surface area contributed by atoms with E-state index in [1.165, 1.54) is 134 Å². The lowest BCUT2D eigenvalue weighted by Crippen LogP contribution is -2.35. The van der Waals surface area contributed by atoms with Crippen molar-refractivity contribution >= 4 is 61.8 Å². The number of hydrogen-bond donors (Lipinski definition) is 2. The Morgan fingerprint density at radius 2 is 0.547 bits per heavy atom. The Labute approximate surface area is 464 Å². The second-order valence-corrected chi connectivity index (χ2v) is 26.5. The molecule has 75 heavy (non-hydrogen) atoms. The maximum Gasteiger partial charge on any atom is 0.198 e. The van der Waals surface area contributed by atoms with Crippen molar-refractivity contribution in [3.63, 3.8) is 0 Å². The van der Waals surface area contributed by atoms with Gasteiger partial charge in [-0.1, -0.05) is 106 Å². The van der Waals surface area contributed by atoms with Crippen molar-refractivity contribution in [2.45, 2.75) is 202 Å². The molecule has 2 aliphatic heterocycles. The Kier molecular flexibility index (Phi) is 19.3. The number of nitrogens with one attached hydrogen (secondary N) is 2. The van der Waals surface area contributed by atoms with E-state index in [0.717, 1.165) is 0 Å². The average molecular weight is 1070 g/mol. The van der Waals surface area contributed by atoms with Crippen molar-refractivity contribution < 1.29 is 0 Å². The topological polar surface area (TPSA) is 37.0 Å². The minimum atomic E-state index is -0.968. The van der Waals surface area contributed by atoms with Crippen molar-refractivity contribution in [3.05, 3.63) is 173 Å². The molecule has 2 saturated heterocycles. The summed E-state index contributed by atoms with van der Waals surface area (Å²) in [4.78, 5) is 0. The Bertz CT molecular complexity index is 2700. The van der Waals surface area contributed by atoms with Crippen molar-refractivity contribution in [1.29, 1.82) is 0 Å². The van der Waals surface area contributed by atoms with Crippen LogP contribution in [-0.4, -0.2) is 36.3 Å². The quantitative estimate of drug-likeness (QED) is 0.141. The van der Waals surface area contributed by atoms with E-state index in [0.29, 0.717) is 45.1 Å². The van der Waals surface area contributed by atoms with Gasteiger partial charge < -0.3 is 29.3 Å². The van der Waals surface area contributed by atoms with Gasteiger partial charge in [0.05, 0.1) is 33.0 Å². The minimum Gasteiger partial charge on any atom is -0.380 e. The SMILES string of the molecule is Cc1cc(C)c(N2PN(c3c(C)cc(C)cc3C)[C@H](C)[C@H]2C)c(C)c1.Cc1cc(C)c(N2[C@H](C)[C@@H](C)N(c3c(C)cc(C)cc3C)P2Cl)c(C)c1.Cc1cc(C)c(N[C@H](C)[C@@H](C)Nc2c(C)cc(C)cc2C)c(C)c1. The van der Waals surface area contributed by atoms with Crippen LogP contribution in [0.2, 0.25) is 0 Å². The predicted octanol–water partition coefficient (Wildman–Crippen LogP) is 19.1. The number of halogens is 1. The van der Waals surface area contributed by atoms with Gasteiger partial charge in [-0.2, -0.15) is 0 Å². The molecule has 6 aromatic rings. The van der Waals surface area contributed by atoms with E-state index in [4.69, 9.17) is 11.2 Å². The Morgan fingerprint density at radius 3 is 0.773 bits per heavy atom. The molecule has 2 heterocycles. The molecule has 8 rings (SSSR count). The van der Waals surface area contributed by atoms with E-state index in [2.05, 4.69) is 268 Å². The molecule has 6 nitrogen and oxygen atoms in total. The molecule has 6 atom stereocenters. The van der Waals surface area contributed by atoms with Gasteiger partial charge >= 0.3 is 0 Å². The highest BCUT2D eigenvalue weighted by Crippen LogP contribution is 2.63. The maximum absolute atomic E-state index is 7.19. The minimum absolute atomic E-state index is 0.324. The van der Waals surface area contributed by atoms with Gasteiger partial charge in [0.25, 0.3) is 0 Å². The highest BCUT2D eigenvalue weighted by molar-refractivity contribution is 7.86. The van der Waals surface area contributed by atoms with Gasteiger partial charge in [-0.3, -0.25) is 0 Å². The Morgan fingerprint density at radius 1 is 0.347 bits per heavy atom. The number of nitrogens with zero attached hydrogens (tertiary/aromatic N) is 4. The number of anilines is 6. The first-order valence-electron chi connectivity index (χ1n) is 27.4. The van der Waals surface area contributed by atoms with Crippen LogP contribution < -0.4 is 29.3 Å². The molecule has 2 N–H and O–H groups in total. The zero-order valence-corrected chi connectivity index (χ0v) is 53.2. The van der Waals surface area contributed by atoms with Crippen LogP contribution in [0.5, 0.6) is 0 Å². The average Bonchev–Trinajstić information content (AvgIpc) is 3.67. The number of benzene rings is 6. The van der Waals surface area contributed by atoms with Crippen molar-refractivity contribution in [3.8, 4) is 0 Å². The van der Waals surface area contributed by atoms with Crippen LogP contribution in [0.15, 0.2) is 72.8 Å². The first kappa shape index (κ1) is 59.5. The monoisotopic (exact) mass is 1070 g/mol. The first-order valence-corrected chi connectivity index (χ1v) is 30.5. The Balaban J connectivity index is 0.000000183. The van der Waals surface area contributed by atoms with E-state index >= 15 is 0 Å². The summed E-state index contributed by atoms with van der Waals surface area (Å²) >= 11 is 7.19. The summed E-state index contributed by atoms with van der Waals surface area (Å²) in [7, 11) is -0.316. The second-order valence-electron chi connectivity index (χ2n) is 23.1. The lowest BCUT2D eigenvalue weighted by molar-refractivity contribution is 0.643. The molecule has 2 fully saturated rings. The second kappa shape index (κ2) is 24.3. The fourth-order valence-corrected chi connectivity index (χ4v) is 17.7. The molecule has 6 aromatic carbocycles. The van der Waals surface area contributed by atoms with Gasteiger partial charge in [0.2, 0.25) is 0 Å². The van der Waals surface area contributed by atoms with Gasteiger partial charge in [0.15, 0.2) is 7.58 Å². The van der Waals surface area contributed by atoms with Gasteiger partial charge in [-0.15, -0.1) is 0 Å². The molecule has 0 aromatic heterocycles. The molecular weight excluding hydrogens is 974 g/mol. The smallest absolute Gasteiger partial charge is 0.198 e. The van der Waals surface area contributed by atoms with Crippen LogP contribution in [0.25, 0.3) is 0 Å². The van der Waals surface area contributed by atoms with Gasteiger partial charge in [-0.25, -0.2) is 0 Å². The fourth-order valence-electron chi connectivity index (χ4n) is 12.3. The van der Waals surface area contributed by atoms with Gasteiger partial charge in [-0.05, 0) is 244 Å². The van der Waals surface area contributed by atoms with Crippen LogP contribution in [0.4, 0.5) is 34.1 Å². The summed E-state index contributed by atoms with van der Waals surface area (Å²) in [5.41, 5.74) is 32.0. The van der Waals surface area contributed by atoms with Crippen LogP contribution in [-0.2, 0) is 0 Å². The van der Waals surface area contributed by atoms with Crippen LogP contribution in [0.1, 0.15) is 142 Å². The molecule has 0 unspecified atom stereocenters. The van der Waals surface area contributed by atoms with E-state index in [1.807, 2.05) is 0 Å². The van der Waals surface area contributed by atoms with Crippen molar-refractivity contribution in [1.82, 2.24) is 0 Å². The molecule has 0 radical (unpaired) electrons. The summed E-state index contributed by atoms with van der Waals surface area (Å²) in [5, 5.41) is 7.43. The fraction of sp³-hybridized carbons (Fsp3) is 0.455. The largest absolute Gasteiger partial charge is 0.380 e. The molecule has 0 amide bonds. The molecule has 0 spiro atoms. The number of rotatable bonds is 9. The van der Waals surface area contributed by atoms with E-state index in [1.54, 1.807) is 0 Å². The predicted molar refractivity (Wildman–Crippen MR) is 339 cm³/mol. The van der Waals surface area contributed by atoms with Crippen LogP contribution >= 0.6 is 27.7 Å². The molecule has 9 heteroatoms. The van der Waals surface area contributed by atoms with Crippen molar-refractivity contribution in [2.75, 3.05) is 29.3 Å². The third-order valence-electron chi connectivity index (χ3n) is 15.9. The molecule has 404 valence electrons. The van der Waals surface area contributed by atoms with Gasteiger partial charge in [0.1, 0.15) is 0 Å². The normalized spacial score (nSPS) is 18.4. The lowest BCUT2D eigenvalue weighted by atomic mass is 10.0.